The number of aromatic nitrogens is 1. The van der Waals surface area contributed by atoms with Gasteiger partial charge in [0.15, 0.2) is 22.6 Å². The van der Waals surface area contributed by atoms with E-state index in [-0.39, 0.29) is 23.1 Å². The molecule has 8 heteroatoms. The molecule has 0 saturated carbocycles. The molecule has 3 rings (SSSR count). The summed E-state index contributed by atoms with van der Waals surface area (Å²) in [5.74, 6) is 1.37. The fourth-order valence-corrected chi connectivity index (χ4v) is 5.99. The van der Waals surface area contributed by atoms with E-state index in [0.29, 0.717) is 11.5 Å². The SMILES string of the molecule is CC=C(C=CNC)C=Cc1ccc(N(C)CCSC(=O)CCC(=O)SCCN(C)c2ccc(C=Cc3cc[n+](C)cc3)cc2)cc1. The number of anilines is 2. The second-order valence-corrected chi connectivity index (χ2v) is 13.1. The van der Waals surface area contributed by atoms with E-state index in [1.807, 2.05) is 64.4 Å². The number of hydrogen-bond acceptors (Lipinski definition) is 7. The van der Waals surface area contributed by atoms with E-state index in [4.69, 9.17) is 0 Å². The molecule has 0 atom stereocenters. The second-order valence-electron chi connectivity index (χ2n) is 10.8. The number of aryl methyl sites for hydroxylation is 1. The molecule has 1 aromatic heterocycles. The molecule has 6 nitrogen and oxygen atoms in total. The van der Waals surface area contributed by atoms with E-state index in [9.17, 15) is 9.59 Å². The zero-order valence-electron chi connectivity index (χ0n) is 27.7. The third-order valence-corrected chi connectivity index (χ3v) is 9.12. The zero-order chi connectivity index (χ0) is 33.1. The Hall–Kier alpha value is -4.01. The number of rotatable bonds is 17. The summed E-state index contributed by atoms with van der Waals surface area (Å²) in [5.41, 5.74) is 6.77. The molecule has 3 aromatic rings. The number of pyridine rings is 1. The van der Waals surface area contributed by atoms with Gasteiger partial charge in [-0.05, 0) is 65.7 Å². The van der Waals surface area contributed by atoms with Crippen LogP contribution >= 0.6 is 23.5 Å². The molecule has 46 heavy (non-hydrogen) atoms. The summed E-state index contributed by atoms with van der Waals surface area (Å²) in [6.45, 7) is 3.52. The molecular weight excluding hydrogens is 609 g/mol. The van der Waals surface area contributed by atoms with Gasteiger partial charge in [-0.3, -0.25) is 9.59 Å². The van der Waals surface area contributed by atoms with Crippen LogP contribution in [-0.4, -0.2) is 56.0 Å². The topological polar surface area (TPSA) is 56.5 Å². The number of hydrogen-bond donors (Lipinski definition) is 1. The van der Waals surface area contributed by atoms with Gasteiger partial charge in [0.25, 0.3) is 0 Å². The lowest BCUT2D eigenvalue weighted by atomic mass is 10.1. The molecule has 242 valence electrons. The van der Waals surface area contributed by atoms with Gasteiger partial charge in [0.2, 0.25) is 0 Å². The Balaban J connectivity index is 1.29. The maximum atomic E-state index is 12.4. The summed E-state index contributed by atoms with van der Waals surface area (Å²) < 4.78 is 2.01. The largest absolute Gasteiger partial charge is 0.394 e. The molecule has 0 radical (unpaired) electrons. The van der Waals surface area contributed by atoms with Gasteiger partial charge in [-0.15, -0.1) is 0 Å². The zero-order valence-corrected chi connectivity index (χ0v) is 29.3. The van der Waals surface area contributed by atoms with Crippen LogP contribution in [-0.2, 0) is 16.6 Å². The third-order valence-electron chi connectivity index (χ3n) is 7.30. The van der Waals surface area contributed by atoms with E-state index in [1.165, 1.54) is 23.5 Å². The minimum atomic E-state index is 0.0717. The monoisotopic (exact) mass is 655 g/mol. The molecule has 0 saturated heterocycles. The van der Waals surface area contributed by atoms with Crippen LogP contribution in [0.5, 0.6) is 0 Å². The van der Waals surface area contributed by atoms with E-state index in [2.05, 4.69) is 106 Å². The van der Waals surface area contributed by atoms with E-state index < -0.39 is 0 Å². The second kappa shape index (κ2) is 20.2. The molecule has 0 fully saturated rings. The Kier molecular flexibility index (Phi) is 16.0. The molecular formula is C38H47N4O2S2+. The Bertz CT molecular complexity index is 1500. The molecule has 0 bridgehead atoms. The molecule has 1 heterocycles. The molecule has 1 N–H and O–H groups in total. The summed E-state index contributed by atoms with van der Waals surface area (Å²) in [6.07, 6.45) is 19.0. The van der Waals surface area contributed by atoms with E-state index in [1.54, 1.807) is 0 Å². The summed E-state index contributed by atoms with van der Waals surface area (Å²) in [7, 11) is 7.96. The van der Waals surface area contributed by atoms with Gasteiger partial charge in [0.1, 0.15) is 7.05 Å². The number of thioether (sulfide) groups is 2. The number of carbonyl (C=O) groups excluding carboxylic acids is 2. The fraction of sp³-hybridized carbons (Fsp3) is 0.289. The highest BCUT2D eigenvalue weighted by molar-refractivity contribution is 8.14. The average molecular weight is 656 g/mol. The summed E-state index contributed by atoms with van der Waals surface area (Å²) in [4.78, 5) is 29.1. The van der Waals surface area contributed by atoms with Gasteiger partial charge in [-0.1, -0.05) is 78.2 Å². The highest BCUT2D eigenvalue weighted by atomic mass is 32.2. The first-order valence-corrected chi connectivity index (χ1v) is 17.5. The molecule has 2 aromatic carbocycles. The number of benzene rings is 2. The van der Waals surface area contributed by atoms with Crippen molar-refractivity contribution in [3.63, 3.8) is 0 Å². The summed E-state index contributed by atoms with van der Waals surface area (Å²) in [5, 5.41) is 3.15. The van der Waals surface area contributed by atoms with Gasteiger partial charge in [0.05, 0.1) is 0 Å². The minimum Gasteiger partial charge on any atom is -0.394 e. The molecule has 0 spiro atoms. The van der Waals surface area contributed by atoms with Crippen molar-refractivity contribution in [2.75, 3.05) is 55.5 Å². The highest BCUT2D eigenvalue weighted by Crippen LogP contribution is 2.19. The molecule has 0 aliphatic carbocycles. The molecule has 0 unspecified atom stereocenters. The predicted octanol–water partition coefficient (Wildman–Crippen LogP) is 7.25. The van der Waals surface area contributed by atoms with Crippen LogP contribution in [0.2, 0.25) is 0 Å². The molecule has 0 aliphatic rings. The molecule has 0 amide bonds. The van der Waals surface area contributed by atoms with Crippen LogP contribution < -0.4 is 19.7 Å². The van der Waals surface area contributed by atoms with Crippen molar-refractivity contribution >= 4 is 63.4 Å². The van der Waals surface area contributed by atoms with Crippen LogP contribution in [0.15, 0.2) is 103 Å². The third kappa shape index (κ3) is 13.5. The first-order valence-electron chi connectivity index (χ1n) is 15.5. The van der Waals surface area contributed by atoms with Gasteiger partial charge in [-0.25, -0.2) is 4.57 Å². The Morgan fingerprint density at radius 3 is 1.63 bits per heavy atom. The van der Waals surface area contributed by atoms with Crippen molar-refractivity contribution in [1.82, 2.24) is 5.32 Å². The predicted molar refractivity (Wildman–Crippen MR) is 201 cm³/mol. The minimum absolute atomic E-state index is 0.0717. The molecule has 0 aliphatic heterocycles. The number of allylic oxidation sites excluding steroid dienone is 4. The standard InChI is InChI=1S/C38H47N4O2S2/c1-6-31(21-24-39-2)7-8-32-11-15-35(16-12-32)41(4)27-29-45-37(43)19-20-38(44)46-30-28-42(5)36-17-13-33(14-18-36)9-10-34-22-25-40(3)26-23-34/h6-18,21-26,39H,19-20,27-30H2,1-5H3/q+1. The lowest BCUT2D eigenvalue weighted by molar-refractivity contribution is -0.671. The van der Waals surface area contributed by atoms with Crippen molar-refractivity contribution in [3.8, 4) is 0 Å². The quantitative estimate of drug-likeness (QED) is 0.122. The summed E-state index contributed by atoms with van der Waals surface area (Å²) in [6, 6.07) is 21.0. The first kappa shape index (κ1) is 36.5. The van der Waals surface area contributed by atoms with Crippen LogP contribution in [0.4, 0.5) is 11.4 Å². The Morgan fingerprint density at radius 2 is 1.17 bits per heavy atom. The van der Waals surface area contributed by atoms with Crippen molar-refractivity contribution in [2.24, 2.45) is 7.05 Å². The fourth-order valence-electron chi connectivity index (χ4n) is 4.32. The normalized spacial score (nSPS) is 11.9. The lowest BCUT2D eigenvalue weighted by Crippen LogP contribution is -2.25. The van der Waals surface area contributed by atoms with Crippen molar-refractivity contribution in [3.05, 3.63) is 120 Å². The average Bonchev–Trinajstić information content (AvgIpc) is 3.07. The van der Waals surface area contributed by atoms with Gasteiger partial charge in [-0.2, -0.15) is 0 Å². The van der Waals surface area contributed by atoms with Crippen molar-refractivity contribution in [1.29, 1.82) is 0 Å². The number of nitrogens with zero attached hydrogens (tertiary/aromatic N) is 3. The maximum absolute atomic E-state index is 12.4. The van der Waals surface area contributed by atoms with Gasteiger partial charge in [0, 0.05) is 82.1 Å². The number of carbonyl (C=O) groups is 2. The Morgan fingerprint density at radius 1 is 0.717 bits per heavy atom. The number of nitrogens with one attached hydrogen (secondary N) is 1. The van der Waals surface area contributed by atoms with Gasteiger partial charge < -0.3 is 15.1 Å². The Labute approximate surface area is 284 Å². The van der Waals surface area contributed by atoms with E-state index in [0.717, 1.165) is 46.7 Å². The lowest BCUT2D eigenvalue weighted by Gasteiger charge is -2.19. The summed E-state index contributed by atoms with van der Waals surface area (Å²) >= 11 is 2.62. The van der Waals surface area contributed by atoms with Crippen LogP contribution in [0, 0.1) is 0 Å². The van der Waals surface area contributed by atoms with Crippen LogP contribution in [0.3, 0.4) is 0 Å². The van der Waals surface area contributed by atoms with Crippen LogP contribution in [0.25, 0.3) is 18.2 Å². The maximum Gasteiger partial charge on any atom is 0.189 e. The smallest absolute Gasteiger partial charge is 0.189 e. The highest BCUT2D eigenvalue weighted by Gasteiger charge is 2.10. The van der Waals surface area contributed by atoms with Gasteiger partial charge >= 0.3 is 0 Å². The van der Waals surface area contributed by atoms with Crippen LogP contribution in [0.1, 0.15) is 36.5 Å². The van der Waals surface area contributed by atoms with E-state index >= 15 is 0 Å². The first-order chi connectivity index (χ1) is 22.3. The van der Waals surface area contributed by atoms with Crippen molar-refractivity contribution in [2.45, 2.75) is 19.8 Å². The van der Waals surface area contributed by atoms with Crippen molar-refractivity contribution < 1.29 is 14.2 Å².